The number of ether oxygens (including phenoxy) is 3. The van der Waals surface area contributed by atoms with E-state index in [0.717, 1.165) is 55.2 Å². The number of methoxy groups -OCH3 is 1. The molecule has 224 valence electrons. The van der Waals surface area contributed by atoms with Crippen LogP contribution in [0, 0.1) is 6.92 Å². The van der Waals surface area contributed by atoms with Gasteiger partial charge in [-0.25, -0.2) is 9.78 Å². The smallest absolute Gasteiger partial charge is 0.342 e. The molecular formula is C34H38N4O5. The van der Waals surface area contributed by atoms with E-state index >= 15 is 0 Å². The summed E-state index contributed by atoms with van der Waals surface area (Å²) in [6.07, 6.45) is 3.60. The standard InChI is InChI=1S/C34H38N4O5/c1-22-8-5-10-26(29-11-6-12-30(36-29)38-32(41-4)27(17-35-38)33(39)40)31(22)43-19-23-13-14-24-18-37(25-9-7-15-42-20-25)21-34(2,3)28(24)16-23/h5-6,8,10-14,16-17,25H,7,9,15,18-21H2,1-4H3,(H,39,40). The second kappa shape index (κ2) is 11.8. The van der Waals surface area contributed by atoms with Crippen LogP contribution in [0.15, 0.2) is 60.8 Å². The van der Waals surface area contributed by atoms with E-state index in [-0.39, 0.29) is 16.9 Å². The maximum Gasteiger partial charge on any atom is 0.342 e. The number of nitrogens with zero attached hydrogens (tertiary/aromatic N) is 4. The van der Waals surface area contributed by atoms with Crippen molar-refractivity contribution in [3.05, 3.63) is 88.6 Å². The van der Waals surface area contributed by atoms with Crippen LogP contribution in [0.3, 0.4) is 0 Å². The van der Waals surface area contributed by atoms with Crippen LogP contribution in [-0.2, 0) is 23.3 Å². The number of carboxylic acids is 1. The monoisotopic (exact) mass is 582 g/mol. The molecule has 2 aromatic heterocycles. The molecule has 1 unspecified atom stereocenters. The number of hydrogen-bond donors (Lipinski definition) is 1. The van der Waals surface area contributed by atoms with Crippen LogP contribution < -0.4 is 9.47 Å². The maximum absolute atomic E-state index is 11.6. The van der Waals surface area contributed by atoms with Gasteiger partial charge in [0.05, 0.1) is 25.6 Å². The second-order valence-electron chi connectivity index (χ2n) is 12.1. The summed E-state index contributed by atoms with van der Waals surface area (Å²) in [7, 11) is 1.42. The van der Waals surface area contributed by atoms with Gasteiger partial charge in [-0.05, 0) is 60.2 Å². The van der Waals surface area contributed by atoms with Crippen molar-refractivity contribution in [2.45, 2.75) is 58.2 Å². The third kappa shape index (κ3) is 5.75. The highest BCUT2D eigenvalue weighted by atomic mass is 16.5. The highest BCUT2D eigenvalue weighted by molar-refractivity contribution is 5.90. The summed E-state index contributed by atoms with van der Waals surface area (Å²) in [4.78, 5) is 19.0. The van der Waals surface area contributed by atoms with E-state index in [1.807, 2.05) is 37.3 Å². The molecule has 2 aromatic carbocycles. The Morgan fingerprint density at radius 1 is 1.16 bits per heavy atom. The lowest BCUT2D eigenvalue weighted by molar-refractivity contribution is 0.00315. The highest BCUT2D eigenvalue weighted by Gasteiger charge is 2.35. The summed E-state index contributed by atoms with van der Waals surface area (Å²) in [5.74, 6) is 0.199. The van der Waals surface area contributed by atoms with Gasteiger partial charge in [-0.2, -0.15) is 9.78 Å². The van der Waals surface area contributed by atoms with Gasteiger partial charge in [0, 0.05) is 36.7 Å². The molecule has 1 atom stereocenters. The Morgan fingerprint density at radius 3 is 2.77 bits per heavy atom. The molecule has 2 aliphatic rings. The topological polar surface area (TPSA) is 98.9 Å². The van der Waals surface area contributed by atoms with Gasteiger partial charge in [0.15, 0.2) is 5.82 Å². The second-order valence-corrected chi connectivity index (χ2v) is 12.1. The average Bonchev–Trinajstić information content (AvgIpc) is 3.45. The third-order valence-electron chi connectivity index (χ3n) is 8.50. The number of benzene rings is 2. The number of aryl methyl sites for hydroxylation is 1. The van der Waals surface area contributed by atoms with Gasteiger partial charge in [-0.15, -0.1) is 0 Å². The summed E-state index contributed by atoms with van der Waals surface area (Å²) in [6, 6.07) is 18.8. The van der Waals surface area contributed by atoms with Crippen LogP contribution >= 0.6 is 0 Å². The SMILES string of the molecule is COc1c(C(=O)O)cnn1-c1cccc(-c2cccc(C)c2OCc2ccc3c(c2)C(C)(C)CN(C2CCCOC2)C3)n1. The Morgan fingerprint density at radius 2 is 2.00 bits per heavy atom. The third-order valence-corrected chi connectivity index (χ3v) is 8.50. The summed E-state index contributed by atoms with van der Waals surface area (Å²) >= 11 is 0. The van der Waals surface area contributed by atoms with E-state index in [4.69, 9.17) is 19.2 Å². The molecule has 0 radical (unpaired) electrons. The number of carbonyl (C=O) groups is 1. The molecule has 6 rings (SSSR count). The van der Waals surface area contributed by atoms with Crippen LogP contribution in [0.5, 0.6) is 11.6 Å². The van der Waals surface area contributed by atoms with Gasteiger partial charge in [0.25, 0.3) is 0 Å². The predicted octanol–water partition coefficient (Wildman–Crippen LogP) is 5.80. The van der Waals surface area contributed by atoms with E-state index in [2.05, 4.69) is 42.0 Å². The van der Waals surface area contributed by atoms with Crippen molar-refractivity contribution in [2.24, 2.45) is 0 Å². The van der Waals surface area contributed by atoms with Crippen LogP contribution in [0.25, 0.3) is 17.1 Å². The lowest BCUT2D eigenvalue weighted by Crippen LogP contribution is -2.49. The molecule has 0 amide bonds. The minimum absolute atomic E-state index is 0.0211. The molecule has 4 aromatic rings. The lowest BCUT2D eigenvalue weighted by atomic mass is 9.77. The Hall–Kier alpha value is -4.21. The summed E-state index contributed by atoms with van der Waals surface area (Å²) in [5.41, 5.74) is 6.40. The number of para-hydroxylation sites is 1. The fourth-order valence-electron chi connectivity index (χ4n) is 6.35. The van der Waals surface area contributed by atoms with E-state index in [1.165, 1.54) is 35.5 Å². The summed E-state index contributed by atoms with van der Waals surface area (Å²) in [6.45, 7) is 10.8. The van der Waals surface area contributed by atoms with Gasteiger partial charge in [-0.1, -0.05) is 50.2 Å². The zero-order chi connectivity index (χ0) is 30.1. The Labute approximate surface area is 252 Å². The first-order chi connectivity index (χ1) is 20.7. The number of carboxylic acid groups (broad SMARTS) is 1. The van der Waals surface area contributed by atoms with Gasteiger partial charge >= 0.3 is 5.97 Å². The van der Waals surface area contributed by atoms with Crippen LogP contribution in [-0.4, -0.2) is 63.7 Å². The number of rotatable bonds is 8. The molecule has 2 aliphatic heterocycles. The molecule has 1 fully saturated rings. The molecule has 0 aliphatic carbocycles. The van der Waals surface area contributed by atoms with Crippen molar-refractivity contribution in [1.29, 1.82) is 0 Å². The lowest BCUT2D eigenvalue weighted by Gasteiger charge is -2.44. The molecule has 0 saturated carbocycles. The van der Waals surface area contributed by atoms with Crippen LogP contribution in [0.1, 0.15) is 59.3 Å². The van der Waals surface area contributed by atoms with E-state index in [1.54, 1.807) is 6.07 Å². The minimum atomic E-state index is -1.12. The number of aromatic carboxylic acids is 1. The van der Waals surface area contributed by atoms with Crippen molar-refractivity contribution in [1.82, 2.24) is 19.7 Å². The van der Waals surface area contributed by atoms with Crippen molar-refractivity contribution in [2.75, 3.05) is 26.9 Å². The Bertz CT molecular complexity index is 1640. The Kier molecular flexibility index (Phi) is 7.94. The molecular weight excluding hydrogens is 544 g/mol. The highest BCUT2D eigenvalue weighted by Crippen LogP contribution is 2.37. The van der Waals surface area contributed by atoms with E-state index < -0.39 is 5.97 Å². The van der Waals surface area contributed by atoms with Gasteiger partial charge in [0.2, 0.25) is 5.88 Å². The molecule has 43 heavy (non-hydrogen) atoms. The van der Waals surface area contributed by atoms with Gasteiger partial charge in [-0.3, -0.25) is 4.90 Å². The summed E-state index contributed by atoms with van der Waals surface area (Å²) in [5, 5.41) is 13.7. The largest absolute Gasteiger partial charge is 0.488 e. The molecule has 1 N–H and O–H groups in total. The first-order valence-corrected chi connectivity index (χ1v) is 14.7. The molecule has 4 heterocycles. The van der Waals surface area contributed by atoms with Crippen molar-refractivity contribution < 1.29 is 24.1 Å². The number of aromatic nitrogens is 3. The number of pyridine rings is 1. The van der Waals surface area contributed by atoms with E-state index in [0.29, 0.717) is 24.2 Å². The zero-order valence-corrected chi connectivity index (χ0v) is 25.2. The van der Waals surface area contributed by atoms with Crippen LogP contribution in [0.2, 0.25) is 0 Å². The van der Waals surface area contributed by atoms with Gasteiger partial charge < -0.3 is 19.3 Å². The van der Waals surface area contributed by atoms with Crippen molar-refractivity contribution in [3.8, 4) is 28.7 Å². The van der Waals surface area contributed by atoms with Crippen molar-refractivity contribution in [3.63, 3.8) is 0 Å². The normalized spacial score (nSPS) is 18.2. The van der Waals surface area contributed by atoms with Crippen LogP contribution in [0.4, 0.5) is 0 Å². The fraction of sp³-hybridized carbons (Fsp3) is 0.382. The predicted molar refractivity (Wildman–Crippen MR) is 163 cm³/mol. The summed E-state index contributed by atoms with van der Waals surface area (Å²) < 4.78 is 19.0. The first kappa shape index (κ1) is 28.9. The number of fused-ring (bicyclic) bond motifs is 1. The molecule has 9 heteroatoms. The zero-order valence-electron chi connectivity index (χ0n) is 25.2. The molecule has 9 nitrogen and oxygen atoms in total. The maximum atomic E-state index is 11.6. The first-order valence-electron chi connectivity index (χ1n) is 14.7. The number of hydrogen-bond acceptors (Lipinski definition) is 7. The van der Waals surface area contributed by atoms with Crippen molar-refractivity contribution >= 4 is 5.97 Å². The molecule has 1 saturated heterocycles. The fourth-order valence-corrected chi connectivity index (χ4v) is 6.35. The quantitative estimate of drug-likeness (QED) is 0.278. The minimum Gasteiger partial charge on any atom is -0.488 e. The Balaban J connectivity index is 1.25. The van der Waals surface area contributed by atoms with Gasteiger partial charge in [0.1, 0.15) is 17.9 Å². The molecule has 0 bridgehead atoms. The molecule has 0 spiro atoms. The average molecular weight is 583 g/mol. The van der Waals surface area contributed by atoms with E-state index in [9.17, 15) is 9.90 Å².